The van der Waals surface area contributed by atoms with Crippen molar-refractivity contribution < 1.29 is 89.2 Å². The molecule has 0 unspecified atom stereocenters. The molecule has 4 radical (unpaired) electrons. The summed E-state index contributed by atoms with van der Waals surface area (Å²) in [5, 5.41) is 0. The van der Waals surface area contributed by atoms with Gasteiger partial charge in [0.25, 0.3) is 0 Å². The second kappa shape index (κ2) is 53.7. The molecule has 0 aliphatic rings. The summed E-state index contributed by atoms with van der Waals surface area (Å²) in [6, 6.07) is 127. The molecule has 16 aromatic heterocycles. The Labute approximate surface area is 912 Å². The molecule has 0 N–H and O–H groups in total. The van der Waals surface area contributed by atoms with Crippen LogP contribution in [-0.4, -0.2) is 98.0 Å². The first-order chi connectivity index (χ1) is 70.5. The molecule has 8 aromatic carbocycles. The van der Waals surface area contributed by atoms with Gasteiger partial charge in [0.2, 0.25) is 0 Å². The van der Waals surface area contributed by atoms with Crippen molar-refractivity contribution in [3.63, 3.8) is 0 Å². The van der Waals surface area contributed by atoms with Crippen LogP contribution >= 0.6 is 0 Å². The van der Waals surface area contributed by atoms with Gasteiger partial charge in [0.1, 0.15) is 11.9 Å². The number of fused-ring (bicyclic) bond motifs is 4. The van der Waals surface area contributed by atoms with E-state index in [9.17, 15) is 8.78 Å². The Morgan fingerprint density at radius 3 is 0.858 bits per heavy atom. The van der Waals surface area contributed by atoms with Gasteiger partial charge in [0, 0.05) is 166 Å². The number of pyridine rings is 12. The van der Waals surface area contributed by atoms with Crippen LogP contribution < -0.4 is 0 Å². The minimum atomic E-state index is -0.899. The van der Waals surface area contributed by atoms with E-state index in [1.54, 1.807) is 36.8 Å². The third-order valence-corrected chi connectivity index (χ3v) is 22.8. The van der Waals surface area contributed by atoms with Crippen LogP contribution in [0.15, 0.2) is 401 Å². The Kier molecular flexibility index (Phi) is 39.6. The number of hydrogen-bond donors (Lipinski definition) is 0. The summed E-state index contributed by atoms with van der Waals surface area (Å²) in [7, 11) is 0. The number of halogens is 2. The largest absolute Gasteiger partial charge is 0.411 e. The molecule has 0 atom stereocenters. The normalized spacial score (nSPS) is 10.4. The summed E-state index contributed by atoms with van der Waals surface area (Å²) in [6.45, 7) is 18.4. The molecule has 0 aliphatic heterocycles. The van der Waals surface area contributed by atoms with Crippen molar-refractivity contribution in [3.8, 4) is 113 Å². The summed E-state index contributed by atoms with van der Waals surface area (Å²) in [5.74, 6) is 1.95. The predicted molar refractivity (Wildman–Crippen MR) is 565 cm³/mol. The maximum atomic E-state index is 13.1. The molecule has 24 aromatic rings. The third-order valence-electron chi connectivity index (χ3n) is 22.8. The summed E-state index contributed by atoms with van der Waals surface area (Å²) < 4.78 is 33.2. The topological polar surface area (TPSA) is 226 Å². The number of benzene rings is 8. The van der Waals surface area contributed by atoms with E-state index in [1.165, 1.54) is 34.0 Å². The van der Waals surface area contributed by atoms with Crippen LogP contribution in [0.4, 0.5) is 8.78 Å². The molecule has 148 heavy (non-hydrogen) atoms. The summed E-state index contributed by atoms with van der Waals surface area (Å²) in [6.07, 6.45) is 26.6. The zero-order valence-electron chi connectivity index (χ0n) is 81.7. The minimum absolute atomic E-state index is 0. The Morgan fingerprint density at radius 1 is 0.257 bits per heavy atom. The molecule has 0 bridgehead atoms. The predicted octanol–water partition coefficient (Wildman–Crippen LogP) is 26.9. The number of hydrogen-bond acceptors (Lipinski definition) is 16. The zero-order valence-corrected chi connectivity index (χ0v) is 91.3. The van der Waals surface area contributed by atoms with Gasteiger partial charge in [-0.15, -0.1) is 59.2 Å². The number of imidazole rings is 4. The van der Waals surface area contributed by atoms with Crippen LogP contribution in [0.2, 0.25) is 0 Å². The van der Waals surface area contributed by atoms with Gasteiger partial charge in [-0.05, 0) is 161 Å². The van der Waals surface area contributed by atoms with Crippen molar-refractivity contribution in [1.29, 1.82) is 0 Å². The van der Waals surface area contributed by atoms with Gasteiger partial charge >= 0.3 is 0 Å². The molecular formula is C122H94F2Ir4N20-8. The third kappa shape index (κ3) is 27.9. The van der Waals surface area contributed by atoms with E-state index in [-0.39, 0.29) is 86.0 Å². The van der Waals surface area contributed by atoms with E-state index >= 15 is 0 Å². The number of para-hydroxylation sites is 8. The van der Waals surface area contributed by atoms with Gasteiger partial charge in [-0.25, -0.2) is 8.78 Å². The fourth-order valence-corrected chi connectivity index (χ4v) is 15.7. The number of aryl methyl sites for hydroxylation is 7. The van der Waals surface area contributed by atoms with Crippen LogP contribution in [-0.2, 0) is 80.4 Å². The van der Waals surface area contributed by atoms with Crippen LogP contribution in [0, 0.1) is 110 Å². The van der Waals surface area contributed by atoms with Gasteiger partial charge in [-0.1, -0.05) is 392 Å². The van der Waals surface area contributed by atoms with Gasteiger partial charge in [0.05, 0.1) is 23.3 Å². The molecule has 0 spiro atoms. The molecule has 26 heteroatoms. The number of nitrogens with zero attached hydrogens (tertiary/aromatic N) is 20. The van der Waals surface area contributed by atoms with E-state index < -0.39 is 11.9 Å². The first-order valence-corrected chi connectivity index (χ1v) is 46.5. The molecule has 0 amide bonds. The van der Waals surface area contributed by atoms with E-state index in [0.29, 0.717) is 11.6 Å². The SMILES string of the molecule is CC(C)c1cc(-n2[c-]nc3ccccc32)ncc1-c1ccccc1.Cc1c[c-]c(-c2ccccn2)c(C)n1.Cc1c[c-]c(-c2ccccn2)c(C)n1.Cc1c[c-]c(-c2ccccn2)c(C)n1.Cc1cc(-n2[c-]nc3ccccc32)ncc1-c1ccccc1.Fc1c[c-]c(-c2ccccn2)c(F)n1.[Ir].[Ir].[Ir].[Ir].[c-]1nc2ccccc2n1-c1ccc(-c2ccccc2)cn1.[c-]1nc2ccccc2n1-c1ccc(-c2ccccc2)cn1. The summed E-state index contributed by atoms with van der Waals surface area (Å²) >= 11 is 0. The van der Waals surface area contributed by atoms with Gasteiger partial charge in [-0.3, -0.25) is 24.9 Å². The van der Waals surface area contributed by atoms with Gasteiger partial charge in [-0.2, -0.15) is 0 Å². The molecule has 0 fully saturated rings. The van der Waals surface area contributed by atoms with Crippen LogP contribution in [0.25, 0.3) is 157 Å². The van der Waals surface area contributed by atoms with Crippen molar-refractivity contribution in [2.24, 2.45) is 0 Å². The quantitative estimate of drug-likeness (QED) is 0.0772. The first-order valence-electron chi connectivity index (χ1n) is 46.5. The average molecular weight is 2650 g/mol. The summed E-state index contributed by atoms with van der Waals surface area (Å²) in [5.41, 5.74) is 31.5. The van der Waals surface area contributed by atoms with E-state index in [1.807, 2.05) is 327 Å². The van der Waals surface area contributed by atoms with E-state index in [4.69, 9.17) is 0 Å². The van der Waals surface area contributed by atoms with E-state index in [0.717, 1.165) is 169 Å². The van der Waals surface area contributed by atoms with Crippen molar-refractivity contribution in [3.05, 3.63) is 508 Å². The fraction of sp³-hybridized carbons (Fsp3) is 0.0820. The summed E-state index contributed by atoms with van der Waals surface area (Å²) in [4.78, 5) is 68.5. The molecular weight excluding hydrogens is 2550 g/mol. The Hall–Kier alpha value is -16.1. The van der Waals surface area contributed by atoms with Crippen molar-refractivity contribution >= 4 is 44.1 Å². The van der Waals surface area contributed by atoms with E-state index in [2.05, 4.69) is 235 Å². The smallest absolute Gasteiger partial charge is 0.128 e. The number of rotatable bonds is 13. The standard InChI is InChI=1S/C21H18N3.C19H14N3.2C18H12N3.3C12H11N2.C10H5F2N2.4Ir/c1-15(2)17-12-21(22-13-18(17)16-8-4-3-5-9-16)24-14-23-19-10-6-7-11-20(19)24;1-14-11-19(20-12-16(14)15-7-3-2-4-8-15)22-13-21-17-9-5-6-10-18(17)22;2*1-2-6-14(7-3-1)15-10-11-18(19-12-15)21-13-20-16-8-4-5-9-17(16)21;3*1-9-6-7-11(10(2)14-9)12-5-3-4-8-13-12;11-9-5-4-7(10(12)14-9)8-3-1-2-6-13-8;;;;/h3-13,15H,1-2H3;2-12H,1H3;2*1-12H;3*3-6,8H,1-2H3;1-3,5-6H;;;;/q8*-1;;;;. The Bertz CT molecular complexity index is 7830. The fourth-order valence-electron chi connectivity index (χ4n) is 15.7. The second-order valence-corrected chi connectivity index (χ2v) is 33.3. The molecule has 0 saturated heterocycles. The monoisotopic (exact) mass is 2650 g/mol. The van der Waals surface area contributed by atoms with Gasteiger partial charge < -0.3 is 73.1 Å². The van der Waals surface area contributed by atoms with Crippen LogP contribution in [0.5, 0.6) is 0 Å². The Balaban J connectivity index is 0.000000142. The van der Waals surface area contributed by atoms with Crippen LogP contribution in [0.3, 0.4) is 0 Å². The maximum Gasteiger partial charge on any atom is 0.128 e. The molecule has 16 heterocycles. The first kappa shape index (κ1) is 109. The molecule has 0 saturated carbocycles. The minimum Gasteiger partial charge on any atom is -0.411 e. The molecule has 740 valence electrons. The number of aromatic nitrogens is 20. The van der Waals surface area contributed by atoms with Crippen molar-refractivity contribution in [2.45, 2.75) is 68.2 Å². The maximum absolute atomic E-state index is 13.1. The zero-order chi connectivity index (χ0) is 99.5. The van der Waals surface area contributed by atoms with Crippen molar-refractivity contribution in [1.82, 2.24) is 98.0 Å². The van der Waals surface area contributed by atoms with Crippen LogP contribution in [0.1, 0.15) is 65.1 Å². The average Bonchev–Trinajstić information content (AvgIpc) is 1.53. The van der Waals surface area contributed by atoms with Gasteiger partial charge in [0.15, 0.2) is 0 Å². The van der Waals surface area contributed by atoms with Crippen molar-refractivity contribution in [2.75, 3.05) is 0 Å². The molecule has 20 nitrogen and oxygen atoms in total. The second-order valence-electron chi connectivity index (χ2n) is 33.3. The molecule has 24 rings (SSSR count). The molecule has 0 aliphatic carbocycles. The Morgan fingerprint density at radius 2 is 0.547 bits per heavy atom.